The van der Waals surface area contributed by atoms with Crippen LogP contribution in [0.5, 0.6) is 0 Å². The number of nitrogens with zero attached hydrogens (tertiary/aromatic N) is 1. The van der Waals surface area contributed by atoms with Crippen LogP contribution in [0.1, 0.15) is 33.0 Å². The molecule has 1 unspecified atom stereocenters. The monoisotopic (exact) mass is 245 g/mol. The number of nitrogens with one attached hydrogen (secondary N) is 2. The predicted octanol–water partition coefficient (Wildman–Crippen LogP) is 1.43. The van der Waals surface area contributed by atoms with Crippen molar-refractivity contribution in [2.75, 3.05) is 0 Å². The van der Waals surface area contributed by atoms with Gasteiger partial charge >= 0.3 is 0 Å². The Balaban J connectivity index is 2.87. The quantitative estimate of drug-likeness (QED) is 0.824. The van der Waals surface area contributed by atoms with Gasteiger partial charge in [-0.15, -0.1) is 0 Å². The number of rotatable bonds is 5. The Morgan fingerprint density at radius 3 is 2.50 bits per heavy atom. The zero-order valence-corrected chi connectivity index (χ0v) is 10.9. The molecule has 1 heterocycles. The Hall–Kier alpha value is -0.880. The summed E-state index contributed by atoms with van der Waals surface area (Å²) in [6.07, 6.45) is 2.11. The van der Waals surface area contributed by atoms with Crippen molar-refractivity contribution in [3.63, 3.8) is 0 Å². The summed E-state index contributed by atoms with van der Waals surface area (Å²) in [7, 11) is -3.46. The molecule has 0 aliphatic carbocycles. The highest BCUT2D eigenvalue weighted by molar-refractivity contribution is 7.89. The highest BCUT2D eigenvalue weighted by Crippen LogP contribution is 2.11. The van der Waals surface area contributed by atoms with E-state index in [2.05, 4.69) is 14.7 Å². The number of H-pyrrole nitrogens is 1. The second-order valence-electron chi connectivity index (χ2n) is 4.21. The number of aromatic nitrogens is 2. The molecule has 0 radical (unpaired) electrons. The van der Waals surface area contributed by atoms with Gasteiger partial charge in [-0.1, -0.05) is 20.8 Å². The van der Waals surface area contributed by atoms with Crippen molar-refractivity contribution >= 4 is 10.0 Å². The number of hydrogen-bond donors (Lipinski definition) is 2. The van der Waals surface area contributed by atoms with Crippen LogP contribution < -0.4 is 4.72 Å². The maximum atomic E-state index is 11.9. The van der Waals surface area contributed by atoms with Crippen molar-refractivity contribution < 1.29 is 8.42 Å². The van der Waals surface area contributed by atoms with E-state index in [1.807, 2.05) is 20.8 Å². The fourth-order valence-electron chi connectivity index (χ4n) is 1.49. The second-order valence-corrected chi connectivity index (χ2v) is 5.90. The maximum Gasteiger partial charge on any atom is 0.257 e. The van der Waals surface area contributed by atoms with Crippen LogP contribution in [0.2, 0.25) is 0 Å². The van der Waals surface area contributed by atoms with Crippen LogP contribution in [0.15, 0.2) is 11.2 Å². The summed E-state index contributed by atoms with van der Waals surface area (Å²) in [4.78, 5) is 6.61. The Bertz CT molecular complexity index is 437. The van der Waals surface area contributed by atoms with Crippen molar-refractivity contribution in [1.29, 1.82) is 0 Å². The molecule has 1 rings (SSSR count). The lowest BCUT2D eigenvalue weighted by Gasteiger charge is -2.19. The van der Waals surface area contributed by atoms with Crippen LogP contribution in [0.4, 0.5) is 0 Å². The summed E-state index contributed by atoms with van der Waals surface area (Å²) in [5.41, 5.74) is 0. The minimum Gasteiger partial charge on any atom is -0.332 e. The highest BCUT2D eigenvalue weighted by Gasteiger charge is 2.22. The molecule has 1 aromatic rings. The van der Waals surface area contributed by atoms with Crippen LogP contribution in [0.3, 0.4) is 0 Å². The van der Waals surface area contributed by atoms with Crippen molar-refractivity contribution in [2.24, 2.45) is 5.92 Å². The van der Waals surface area contributed by atoms with Gasteiger partial charge in [0.15, 0.2) is 5.03 Å². The van der Waals surface area contributed by atoms with E-state index in [9.17, 15) is 8.42 Å². The van der Waals surface area contributed by atoms with Crippen molar-refractivity contribution in [1.82, 2.24) is 14.7 Å². The first-order chi connectivity index (χ1) is 7.36. The Morgan fingerprint density at radius 2 is 2.12 bits per heavy atom. The predicted molar refractivity (Wildman–Crippen MR) is 62.6 cm³/mol. The standard InChI is InChI=1S/C10H19N3O2S/c1-5-9(7(2)3)13-16(14,15)10-6-11-8(4)12-10/h6-7,9,13H,5H2,1-4H3,(H,11,12). The third-order valence-electron chi connectivity index (χ3n) is 2.52. The Labute approximate surface area is 96.7 Å². The minimum atomic E-state index is -3.46. The van der Waals surface area contributed by atoms with Crippen molar-refractivity contribution in [2.45, 2.75) is 45.2 Å². The molecule has 92 valence electrons. The van der Waals surface area contributed by atoms with E-state index in [0.29, 0.717) is 5.82 Å². The molecule has 1 atom stereocenters. The summed E-state index contributed by atoms with van der Waals surface area (Å²) >= 11 is 0. The largest absolute Gasteiger partial charge is 0.332 e. The zero-order chi connectivity index (χ0) is 12.3. The zero-order valence-electron chi connectivity index (χ0n) is 10.1. The number of imidazole rings is 1. The topological polar surface area (TPSA) is 74.8 Å². The van der Waals surface area contributed by atoms with E-state index >= 15 is 0 Å². The molecule has 0 fully saturated rings. The van der Waals surface area contributed by atoms with Gasteiger partial charge in [0, 0.05) is 6.04 Å². The van der Waals surface area contributed by atoms with E-state index in [1.54, 1.807) is 6.92 Å². The van der Waals surface area contributed by atoms with Gasteiger partial charge in [-0.05, 0) is 19.3 Å². The van der Waals surface area contributed by atoms with Gasteiger partial charge in [-0.2, -0.15) is 0 Å². The molecule has 16 heavy (non-hydrogen) atoms. The molecule has 0 bridgehead atoms. The first kappa shape index (κ1) is 13.2. The average molecular weight is 245 g/mol. The molecule has 0 amide bonds. The minimum absolute atomic E-state index is 0.0476. The summed E-state index contributed by atoms with van der Waals surface area (Å²) < 4.78 is 26.5. The van der Waals surface area contributed by atoms with Gasteiger partial charge in [-0.25, -0.2) is 18.1 Å². The van der Waals surface area contributed by atoms with Gasteiger partial charge in [0.2, 0.25) is 0 Å². The fourth-order valence-corrected chi connectivity index (χ4v) is 2.93. The van der Waals surface area contributed by atoms with Crippen LogP contribution in [-0.4, -0.2) is 24.4 Å². The first-order valence-corrected chi connectivity index (χ1v) is 6.89. The lowest BCUT2D eigenvalue weighted by atomic mass is 10.0. The number of aromatic amines is 1. The molecule has 5 nitrogen and oxygen atoms in total. The van der Waals surface area contributed by atoms with Crippen LogP contribution >= 0.6 is 0 Å². The lowest BCUT2D eigenvalue weighted by molar-refractivity contribution is 0.436. The van der Waals surface area contributed by atoms with Gasteiger partial charge in [0.05, 0.1) is 6.20 Å². The summed E-state index contributed by atoms with van der Waals surface area (Å²) in [6, 6.07) is -0.0476. The third kappa shape index (κ3) is 3.05. The molecule has 2 N–H and O–H groups in total. The number of sulfonamides is 1. The first-order valence-electron chi connectivity index (χ1n) is 5.40. The second kappa shape index (κ2) is 4.97. The van der Waals surface area contributed by atoms with Gasteiger partial charge in [0.1, 0.15) is 5.82 Å². The summed E-state index contributed by atoms with van der Waals surface area (Å²) in [6.45, 7) is 7.67. The Kier molecular flexibility index (Phi) is 4.09. The molecule has 0 aromatic carbocycles. The van der Waals surface area contributed by atoms with Crippen molar-refractivity contribution in [3.8, 4) is 0 Å². The molecular formula is C10H19N3O2S. The van der Waals surface area contributed by atoms with E-state index in [-0.39, 0.29) is 17.0 Å². The lowest BCUT2D eigenvalue weighted by Crippen LogP contribution is -2.38. The third-order valence-corrected chi connectivity index (χ3v) is 3.92. The maximum absolute atomic E-state index is 11.9. The molecule has 6 heteroatoms. The fraction of sp³-hybridized carbons (Fsp3) is 0.700. The molecule has 0 spiro atoms. The van der Waals surface area contributed by atoms with Gasteiger partial charge in [0.25, 0.3) is 10.0 Å². The number of aryl methyl sites for hydroxylation is 1. The smallest absolute Gasteiger partial charge is 0.257 e. The van der Waals surface area contributed by atoms with Gasteiger partial charge < -0.3 is 4.98 Å². The van der Waals surface area contributed by atoms with Gasteiger partial charge in [-0.3, -0.25) is 0 Å². The molecule has 0 aliphatic rings. The molecule has 0 saturated heterocycles. The molecule has 0 aliphatic heterocycles. The summed E-state index contributed by atoms with van der Waals surface area (Å²) in [5.74, 6) is 0.863. The van der Waals surface area contributed by atoms with E-state index in [1.165, 1.54) is 6.20 Å². The van der Waals surface area contributed by atoms with Crippen LogP contribution in [-0.2, 0) is 10.0 Å². The Morgan fingerprint density at radius 1 is 1.50 bits per heavy atom. The summed E-state index contributed by atoms with van der Waals surface area (Å²) in [5, 5.41) is 0.129. The van der Waals surface area contributed by atoms with Crippen LogP contribution in [0.25, 0.3) is 0 Å². The SMILES string of the molecule is CCC(NS(=O)(=O)c1cnc(C)[nH]1)C(C)C. The number of hydrogen-bond acceptors (Lipinski definition) is 3. The van der Waals surface area contributed by atoms with Crippen LogP contribution in [0, 0.1) is 12.8 Å². The van der Waals surface area contributed by atoms with E-state index in [4.69, 9.17) is 0 Å². The van der Waals surface area contributed by atoms with E-state index < -0.39 is 10.0 Å². The molecule has 0 saturated carbocycles. The average Bonchev–Trinajstić information content (AvgIpc) is 2.61. The van der Waals surface area contributed by atoms with E-state index in [0.717, 1.165) is 6.42 Å². The molecular weight excluding hydrogens is 226 g/mol. The van der Waals surface area contributed by atoms with Crippen molar-refractivity contribution in [3.05, 3.63) is 12.0 Å². The normalized spacial score (nSPS) is 14.3. The highest BCUT2D eigenvalue weighted by atomic mass is 32.2. The molecule has 1 aromatic heterocycles.